The molecule has 3 saturated heterocycles. The molecule has 5 atom stereocenters. The lowest BCUT2D eigenvalue weighted by Gasteiger charge is -2.46. The number of aliphatic hydroxyl groups excluding tert-OH is 1. The van der Waals surface area contributed by atoms with Crippen LogP contribution in [0.25, 0.3) is 0 Å². The van der Waals surface area contributed by atoms with Crippen molar-refractivity contribution in [3.8, 4) is 0 Å². The lowest BCUT2D eigenvalue weighted by molar-refractivity contribution is -0.166. The number of carbonyl (C=O) groups excluding carboxylic acids is 2. The second-order valence-electron chi connectivity index (χ2n) is 8.18. The average Bonchev–Trinajstić information content (AvgIpc) is 2.52. The molecular formula is C16H23F3N2O4. The number of carbonyl (C=O) groups is 2. The van der Waals surface area contributed by atoms with Crippen molar-refractivity contribution in [1.82, 2.24) is 9.80 Å². The molecule has 3 heterocycles. The Morgan fingerprint density at radius 3 is 2.32 bits per heavy atom. The van der Waals surface area contributed by atoms with Crippen LogP contribution in [0.4, 0.5) is 18.0 Å². The summed E-state index contributed by atoms with van der Waals surface area (Å²) in [6, 6.07) is -1.82. The summed E-state index contributed by atoms with van der Waals surface area (Å²) in [7, 11) is 0. The van der Waals surface area contributed by atoms with Gasteiger partial charge in [-0.05, 0) is 39.5 Å². The molecule has 0 aromatic rings. The molecule has 0 aromatic heterocycles. The van der Waals surface area contributed by atoms with Gasteiger partial charge in [0.05, 0.1) is 24.2 Å². The highest BCUT2D eigenvalue weighted by Crippen LogP contribution is 2.46. The Morgan fingerprint density at radius 2 is 1.76 bits per heavy atom. The minimum Gasteiger partial charge on any atom is -0.444 e. The number of halogens is 3. The third-order valence-electron chi connectivity index (χ3n) is 5.09. The number of amides is 2. The van der Waals surface area contributed by atoms with E-state index in [1.807, 2.05) is 0 Å². The molecule has 6 nitrogen and oxygen atoms in total. The van der Waals surface area contributed by atoms with E-state index >= 15 is 0 Å². The number of aliphatic hydroxyl groups is 1. The van der Waals surface area contributed by atoms with Crippen molar-refractivity contribution in [2.75, 3.05) is 6.54 Å². The fourth-order valence-corrected chi connectivity index (χ4v) is 4.38. The molecule has 25 heavy (non-hydrogen) atoms. The SMILES string of the molecule is CC(C)(C)OC(=O)N1C2CC3C[C@H]1C(C2O)N(C(=O)CC(F)(F)F)C3. The molecule has 0 aromatic carbocycles. The van der Waals surface area contributed by atoms with Gasteiger partial charge in [0.15, 0.2) is 0 Å². The average molecular weight is 364 g/mol. The van der Waals surface area contributed by atoms with Crippen LogP contribution >= 0.6 is 0 Å². The standard InChI is InChI=1S/C16H23F3N2O4/c1-15(2,3)25-14(24)21-9-4-8-5-10(21)13(23)12(9)20(7-8)11(22)6-16(17,18)19/h8-10,12-13,23H,4-7H2,1-3H3/t8?,9-,10?,12?,13?/m0/s1. The van der Waals surface area contributed by atoms with Gasteiger partial charge in [0.2, 0.25) is 5.91 Å². The summed E-state index contributed by atoms with van der Waals surface area (Å²) in [5.41, 5.74) is -0.719. The summed E-state index contributed by atoms with van der Waals surface area (Å²) in [5.74, 6) is -1.06. The van der Waals surface area contributed by atoms with Crippen LogP contribution in [-0.2, 0) is 9.53 Å². The third-order valence-corrected chi connectivity index (χ3v) is 5.09. The van der Waals surface area contributed by atoms with Crippen LogP contribution < -0.4 is 0 Å². The minimum absolute atomic E-state index is 0.0146. The Balaban J connectivity index is 1.83. The first kappa shape index (κ1) is 18.3. The molecule has 9 heteroatoms. The molecule has 3 aliphatic heterocycles. The highest BCUT2D eigenvalue weighted by atomic mass is 19.4. The number of hydrogen-bond acceptors (Lipinski definition) is 4. The van der Waals surface area contributed by atoms with E-state index in [1.54, 1.807) is 20.8 Å². The van der Waals surface area contributed by atoms with Crippen molar-refractivity contribution in [2.45, 2.75) is 76.0 Å². The molecule has 142 valence electrons. The number of likely N-dealkylation sites (tertiary alicyclic amines) is 1. The van der Waals surface area contributed by atoms with Crippen molar-refractivity contribution < 1.29 is 32.6 Å². The number of nitrogens with zero attached hydrogens (tertiary/aromatic N) is 2. The zero-order valence-electron chi connectivity index (χ0n) is 14.4. The van der Waals surface area contributed by atoms with E-state index in [0.717, 1.165) is 4.90 Å². The fraction of sp³-hybridized carbons (Fsp3) is 0.875. The molecule has 1 N–H and O–H groups in total. The zero-order valence-corrected chi connectivity index (χ0v) is 14.4. The van der Waals surface area contributed by atoms with Gasteiger partial charge >= 0.3 is 12.3 Å². The molecule has 0 aliphatic carbocycles. The fourth-order valence-electron chi connectivity index (χ4n) is 4.38. The van der Waals surface area contributed by atoms with Gasteiger partial charge in [-0.25, -0.2) is 4.79 Å². The zero-order chi connectivity index (χ0) is 18.7. The lowest BCUT2D eigenvalue weighted by atomic mass is 9.86. The number of rotatable bonds is 1. The first-order valence-corrected chi connectivity index (χ1v) is 8.43. The quantitative estimate of drug-likeness (QED) is 0.772. The number of ether oxygens (including phenoxy) is 1. The molecule has 3 fully saturated rings. The molecule has 0 spiro atoms. The van der Waals surface area contributed by atoms with E-state index in [0.29, 0.717) is 12.8 Å². The molecule has 4 unspecified atom stereocenters. The summed E-state index contributed by atoms with van der Waals surface area (Å²) in [4.78, 5) is 27.2. The second kappa shape index (κ2) is 5.75. The Hall–Kier alpha value is -1.51. The maximum Gasteiger partial charge on any atom is 0.410 e. The van der Waals surface area contributed by atoms with E-state index in [2.05, 4.69) is 0 Å². The monoisotopic (exact) mass is 364 g/mol. The topological polar surface area (TPSA) is 70.1 Å². The third kappa shape index (κ3) is 3.43. The van der Waals surface area contributed by atoms with Crippen LogP contribution in [0.5, 0.6) is 0 Å². The number of piperidine rings is 2. The normalized spacial score (nSPS) is 34.4. The largest absolute Gasteiger partial charge is 0.444 e. The summed E-state index contributed by atoms with van der Waals surface area (Å²) < 4.78 is 43.2. The first-order chi connectivity index (χ1) is 11.4. The smallest absolute Gasteiger partial charge is 0.410 e. The van der Waals surface area contributed by atoms with Crippen molar-refractivity contribution in [3.63, 3.8) is 0 Å². The maximum absolute atomic E-state index is 12.6. The van der Waals surface area contributed by atoms with Gasteiger partial charge in [-0.15, -0.1) is 0 Å². The van der Waals surface area contributed by atoms with Gasteiger partial charge in [-0.1, -0.05) is 0 Å². The molecule has 0 radical (unpaired) electrons. The first-order valence-electron chi connectivity index (χ1n) is 8.43. The minimum atomic E-state index is -4.60. The molecule has 3 bridgehead atoms. The van der Waals surface area contributed by atoms with Crippen LogP contribution in [0, 0.1) is 5.92 Å². The van der Waals surface area contributed by atoms with Gasteiger partial charge < -0.3 is 14.7 Å². The van der Waals surface area contributed by atoms with Crippen LogP contribution in [0.2, 0.25) is 0 Å². The molecule has 3 aliphatic rings. The van der Waals surface area contributed by atoms with Crippen molar-refractivity contribution >= 4 is 12.0 Å². The molecular weight excluding hydrogens is 341 g/mol. The highest BCUT2D eigenvalue weighted by Gasteiger charge is 2.61. The van der Waals surface area contributed by atoms with Crippen molar-refractivity contribution in [1.29, 1.82) is 0 Å². The summed E-state index contributed by atoms with van der Waals surface area (Å²) in [6.45, 7) is 5.36. The van der Waals surface area contributed by atoms with E-state index in [9.17, 15) is 27.9 Å². The van der Waals surface area contributed by atoms with Gasteiger partial charge in [0.25, 0.3) is 0 Å². The van der Waals surface area contributed by atoms with E-state index in [4.69, 9.17) is 4.74 Å². The second-order valence-corrected chi connectivity index (χ2v) is 8.18. The Bertz CT molecular complexity index is 575. The molecule has 2 amide bonds. The summed E-state index contributed by atoms with van der Waals surface area (Å²) in [5, 5.41) is 10.6. The molecule has 3 rings (SSSR count). The van der Waals surface area contributed by atoms with E-state index in [1.165, 1.54) is 4.90 Å². The van der Waals surface area contributed by atoms with Gasteiger partial charge in [0, 0.05) is 6.54 Å². The van der Waals surface area contributed by atoms with E-state index in [-0.39, 0.29) is 12.5 Å². The number of hydrogen-bond donors (Lipinski definition) is 1. The van der Waals surface area contributed by atoms with Gasteiger partial charge in [0.1, 0.15) is 12.0 Å². The van der Waals surface area contributed by atoms with Crippen LogP contribution in [-0.4, -0.2) is 69.5 Å². The van der Waals surface area contributed by atoms with Crippen molar-refractivity contribution in [2.24, 2.45) is 5.92 Å². The van der Waals surface area contributed by atoms with E-state index < -0.39 is 54.4 Å². The van der Waals surface area contributed by atoms with Gasteiger partial charge in [-0.2, -0.15) is 13.2 Å². The summed E-state index contributed by atoms with van der Waals surface area (Å²) >= 11 is 0. The van der Waals surface area contributed by atoms with Crippen LogP contribution in [0.3, 0.4) is 0 Å². The Kier molecular flexibility index (Phi) is 4.21. The Labute approximate surface area is 143 Å². The predicted octanol–water partition coefficient (Wildman–Crippen LogP) is 1.91. The maximum atomic E-state index is 12.6. The predicted molar refractivity (Wildman–Crippen MR) is 80.6 cm³/mol. The Morgan fingerprint density at radius 1 is 1.16 bits per heavy atom. The summed E-state index contributed by atoms with van der Waals surface area (Å²) in [6.07, 6.45) is -6.76. The van der Waals surface area contributed by atoms with Crippen LogP contribution in [0.1, 0.15) is 40.0 Å². The highest BCUT2D eigenvalue weighted by molar-refractivity contribution is 5.78. The van der Waals surface area contributed by atoms with Gasteiger partial charge in [-0.3, -0.25) is 9.69 Å². The van der Waals surface area contributed by atoms with Crippen LogP contribution in [0.15, 0.2) is 0 Å². The molecule has 0 saturated carbocycles. The van der Waals surface area contributed by atoms with Crippen molar-refractivity contribution in [3.05, 3.63) is 0 Å². The number of alkyl halides is 3. The lowest BCUT2D eigenvalue weighted by Crippen LogP contribution is -2.59. The number of fused-ring (bicyclic) bond motifs is 2.